The second-order valence-electron chi connectivity index (χ2n) is 12.4. The first kappa shape index (κ1) is 34.2. The zero-order valence-corrected chi connectivity index (χ0v) is 26.9. The van der Waals surface area contributed by atoms with Crippen molar-refractivity contribution in [1.29, 1.82) is 0 Å². The number of aliphatic hydroxyl groups excluding tert-OH is 2. The number of ether oxygens (including phenoxy) is 1. The van der Waals surface area contributed by atoms with E-state index in [1.165, 1.54) is 36.4 Å². The third-order valence-corrected chi connectivity index (χ3v) is 9.34. The van der Waals surface area contributed by atoms with Crippen molar-refractivity contribution in [1.82, 2.24) is 0 Å². The van der Waals surface area contributed by atoms with Gasteiger partial charge >= 0.3 is 0 Å². The molecule has 1 aliphatic carbocycles. The first-order chi connectivity index (χ1) is 24.2. The number of hydrogen-bond donors (Lipinski definition) is 3. The molecule has 1 heterocycles. The summed E-state index contributed by atoms with van der Waals surface area (Å²) >= 11 is 0. The number of carbonyl (C=O) groups excluding carboxylic acids is 2. The molecular weight excluding hydrogens is 643 g/mol. The summed E-state index contributed by atoms with van der Waals surface area (Å²) in [5.74, 6) is -4.66. The minimum absolute atomic E-state index is 0.0113. The molecule has 0 saturated carbocycles. The van der Waals surface area contributed by atoms with Crippen LogP contribution in [0.25, 0.3) is 11.6 Å². The van der Waals surface area contributed by atoms with Gasteiger partial charge in [-0.1, -0.05) is 66.7 Å². The molecule has 1 aliphatic heterocycles. The van der Waals surface area contributed by atoms with Crippen LogP contribution in [-0.2, 0) is 9.59 Å². The largest absolute Gasteiger partial charge is 0.505 e. The number of nitro benzene ring substituents is 1. The minimum Gasteiger partial charge on any atom is -0.505 e. The summed E-state index contributed by atoms with van der Waals surface area (Å²) in [6.45, 7) is -0.555. The van der Waals surface area contributed by atoms with Crippen LogP contribution in [0.15, 0.2) is 114 Å². The summed E-state index contributed by atoms with van der Waals surface area (Å²) in [6, 6.07) is 27.7. The van der Waals surface area contributed by atoms with Crippen molar-refractivity contribution >= 4 is 34.8 Å². The van der Waals surface area contributed by atoms with E-state index in [0.717, 1.165) is 16.0 Å². The fourth-order valence-electron chi connectivity index (χ4n) is 6.99. The maximum absolute atomic E-state index is 14.2. The molecule has 6 rings (SSSR count). The van der Waals surface area contributed by atoms with E-state index in [1.54, 1.807) is 36.4 Å². The number of nitrogens with zero attached hydrogens (tertiary/aromatic N) is 2. The number of nitro groups is 1. The van der Waals surface area contributed by atoms with E-state index in [1.807, 2.05) is 36.4 Å². The molecule has 4 aromatic carbocycles. The van der Waals surface area contributed by atoms with Gasteiger partial charge in [0.1, 0.15) is 12.4 Å². The highest BCUT2D eigenvalue weighted by atomic mass is 19.1. The molecular formula is C39H35FN2O8. The Hall–Kier alpha value is -5.65. The number of allylic oxidation sites excluding steroid dienone is 1. The quantitative estimate of drug-likeness (QED) is 0.0519. The van der Waals surface area contributed by atoms with Crippen LogP contribution in [0.5, 0.6) is 11.5 Å². The van der Waals surface area contributed by atoms with Crippen molar-refractivity contribution in [3.05, 3.63) is 141 Å². The second kappa shape index (κ2) is 14.9. The predicted octanol–water partition coefficient (Wildman–Crippen LogP) is 6.31. The molecule has 0 unspecified atom stereocenters. The van der Waals surface area contributed by atoms with E-state index >= 15 is 0 Å². The molecule has 50 heavy (non-hydrogen) atoms. The highest BCUT2D eigenvalue weighted by Crippen LogP contribution is 2.48. The first-order valence-electron chi connectivity index (χ1n) is 16.2. The normalized spacial score (nSPS) is 19.8. The maximum Gasteiger partial charge on any atom is 0.271 e. The molecule has 0 radical (unpaired) electrons. The minimum atomic E-state index is -1.17. The third kappa shape index (κ3) is 7.05. The molecule has 10 nitrogen and oxygen atoms in total. The lowest BCUT2D eigenvalue weighted by atomic mass is 9.68. The number of amides is 2. The van der Waals surface area contributed by atoms with Crippen molar-refractivity contribution in [3.8, 4) is 11.5 Å². The number of aromatic hydroxyl groups is 1. The number of phenolic OH excluding ortho intramolecular Hbond substituents is 1. The topological polar surface area (TPSA) is 150 Å². The van der Waals surface area contributed by atoms with Gasteiger partial charge in [-0.3, -0.25) is 19.7 Å². The molecule has 4 aromatic rings. The molecule has 0 spiro atoms. The van der Waals surface area contributed by atoms with Gasteiger partial charge in [-0.25, -0.2) is 9.29 Å². The van der Waals surface area contributed by atoms with Crippen LogP contribution in [0.1, 0.15) is 30.4 Å². The number of anilines is 1. The van der Waals surface area contributed by atoms with Crippen LogP contribution in [-0.4, -0.2) is 51.4 Å². The summed E-state index contributed by atoms with van der Waals surface area (Å²) < 4.78 is 20.3. The molecule has 256 valence electrons. The molecule has 2 amide bonds. The van der Waals surface area contributed by atoms with Crippen molar-refractivity contribution in [2.75, 3.05) is 18.1 Å². The van der Waals surface area contributed by atoms with Gasteiger partial charge in [0.05, 0.1) is 35.2 Å². The Bertz CT molecular complexity index is 1960. The Morgan fingerprint density at radius 2 is 1.70 bits per heavy atom. The van der Waals surface area contributed by atoms with E-state index in [4.69, 9.17) is 4.74 Å². The van der Waals surface area contributed by atoms with E-state index in [9.17, 15) is 39.4 Å². The van der Waals surface area contributed by atoms with E-state index < -0.39 is 58.8 Å². The molecule has 1 saturated heterocycles. The summed E-state index contributed by atoms with van der Waals surface area (Å²) in [7, 11) is 0. The van der Waals surface area contributed by atoms with Gasteiger partial charge in [-0.15, -0.1) is 0 Å². The third-order valence-electron chi connectivity index (χ3n) is 9.34. The molecule has 4 atom stereocenters. The number of non-ortho nitro benzene ring substituents is 1. The van der Waals surface area contributed by atoms with Gasteiger partial charge < -0.3 is 20.1 Å². The Labute approximate surface area is 287 Å². The van der Waals surface area contributed by atoms with Gasteiger partial charge in [-0.2, -0.15) is 0 Å². The molecule has 1 fully saturated rings. The van der Waals surface area contributed by atoms with Crippen molar-refractivity contribution in [2.24, 2.45) is 17.8 Å². The number of fused-ring (bicyclic) bond motifs is 1. The zero-order chi connectivity index (χ0) is 35.4. The van der Waals surface area contributed by atoms with Crippen LogP contribution < -0.4 is 9.64 Å². The first-order valence-corrected chi connectivity index (χ1v) is 16.2. The molecule has 2 aliphatic rings. The number of rotatable bonds is 12. The summed E-state index contributed by atoms with van der Waals surface area (Å²) in [5.41, 5.74) is 2.89. The highest BCUT2D eigenvalue weighted by Gasteiger charge is 2.55. The molecule has 0 aromatic heterocycles. The summed E-state index contributed by atoms with van der Waals surface area (Å²) in [5, 5.41) is 43.9. The van der Waals surface area contributed by atoms with Crippen LogP contribution in [0.2, 0.25) is 0 Å². The molecule has 11 heteroatoms. The Morgan fingerprint density at radius 1 is 0.980 bits per heavy atom. The fourth-order valence-corrected chi connectivity index (χ4v) is 6.99. The number of para-hydroxylation sites is 1. The van der Waals surface area contributed by atoms with Crippen molar-refractivity contribution < 1.29 is 39.0 Å². The number of aliphatic hydroxyl groups is 2. The fraction of sp³-hybridized carbons (Fsp3) is 0.231. The van der Waals surface area contributed by atoms with Crippen molar-refractivity contribution in [2.45, 2.75) is 25.4 Å². The van der Waals surface area contributed by atoms with Crippen LogP contribution in [0.4, 0.5) is 15.8 Å². The smallest absolute Gasteiger partial charge is 0.271 e. The van der Waals surface area contributed by atoms with Gasteiger partial charge in [0.25, 0.3) is 5.69 Å². The van der Waals surface area contributed by atoms with Gasteiger partial charge in [0.15, 0.2) is 11.6 Å². The van der Waals surface area contributed by atoms with E-state index in [2.05, 4.69) is 0 Å². The van der Waals surface area contributed by atoms with Gasteiger partial charge in [0.2, 0.25) is 11.8 Å². The lowest BCUT2D eigenvalue weighted by molar-refractivity contribution is -0.384. The Kier molecular flexibility index (Phi) is 10.2. The average Bonchev–Trinajstić information content (AvgIpc) is 3.38. The number of halogens is 1. The lowest BCUT2D eigenvalue weighted by Gasteiger charge is -2.36. The highest BCUT2D eigenvalue weighted by molar-refractivity contribution is 6.22. The number of hydrogen-bond acceptors (Lipinski definition) is 8. The zero-order valence-electron chi connectivity index (χ0n) is 26.9. The summed E-state index contributed by atoms with van der Waals surface area (Å²) in [4.78, 5) is 39.7. The molecule has 0 bridgehead atoms. The second-order valence-corrected chi connectivity index (χ2v) is 12.4. The lowest BCUT2D eigenvalue weighted by Crippen LogP contribution is -2.40. The summed E-state index contributed by atoms with van der Waals surface area (Å²) in [6.07, 6.45) is 1.14. The van der Waals surface area contributed by atoms with Crippen molar-refractivity contribution in [3.63, 3.8) is 0 Å². The molecule has 3 N–H and O–H groups in total. The maximum atomic E-state index is 14.2. The number of benzene rings is 4. The number of imide groups is 1. The predicted molar refractivity (Wildman–Crippen MR) is 184 cm³/mol. The standard InChI is InChI=1S/C39H35FN2O8/c40-33-19-24(14-16-34(33)44)18-26(25-8-3-1-4-9-25)15-17-35(45)36-27(23-50-30-12-5-2-6-13-30)20-31-37(32(36)22-43)39(47)41(38(31)46)28-10-7-11-29(21-28)42(48)49/h1-14,16,18-19,21,31-32,35,37,43-45H,15,17,20,22-23H2/b26-18-/t31-,32+,35-,37-/m1/s1. The van der Waals surface area contributed by atoms with Crippen LogP contribution in [0, 0.1) is 33.7 Å². The van der Waals surface area contributed by atoms with E-state index in [0.29, 0.717) is 28.9 Å². The van der Waals surface area contributed by atoms with Crippen LogP contribution in [0.3, 0.4) is 0 Å². The average molecular weight is 679 g/mol. The van der Waals surface area contributed by atoms with E-state index in [-0.39, 0.29) is 30.8 Å². The Morgan fingerprint density at radius 3 is 2.38 bits per heavy atom. The Balaban J connectivity index is 1.34. The van der Waals surface area contributed by atoms with Gasteiger partial charge in [-0.05, 0) is 77.4 Å². The number of carbonyl (C=O) groups is 2. The number of phenols is 1. The monoisotopic (exact) mass is 678 g/mol. The van der Waals surface area contributed by atoms with Crippen LogP contribution >= 0.6 is 0 Å². The SMILES string of the molecule is O=C1[C@@H]2[C@@H](CC(COc3ccccc3)=C([C@H](O)CC/C(=C/c3ccc(O)c(F)c3)c3ccccc3)[C@@H]2CO)C(=O)N1c1cccc([N+](=O)[O-])c1. The van der Waals surface area contributed by atoms with Gasteiger partial charge in [0, 0.05) is 18.1 Å².